The SMILES string of the molecule is NC(=O)c1ncn2c1[C@@H]1CCN1C(=O)c1cc(Cl)ccc1-2. The molecule has 6 nitrogen and oxygen atoms in total. The van der Waals surface area contributed by atoms with Gasteiger partial charge in [0.25, 0.3) is 11.8 Å². The predicted octanol–water partition coefficient (Wildman–Crippen LogP) is 1.53. The summed E-state index contributed by atoms with van der Waals surface area (Å²) in [7, 11) is 0. The largest absolute Gasteiger partial charge is 0.364 e. The Morgan fingerprint density at radius 2 is 2.24 bits per heavy atom. The smallest absolute Gasteiger partial charge is 0.269 e. The summed E-state index contributed by atoms with van der Waals surface area (Å²) in [5.41, 5.74) is 7.50. The molecule has 1 atom stereocenters. The molecule has 7 heteroatoms. The fourth-order valence-electron chi connectivity index (χ4n) is 3.02. The molecule has 1 aromatic heterocycles. The molecular formula is C14H11ClN4O2. The van der Waals surface area contributed by atoms with Crippen molar-refractivity contribution < 1.29 is 9.59 Å². The number of nitrogens with two attached hydrogens (primary N) is 1. The number of halogens is 1. The van der Waals surface area contributed by atoms with Crippen molar-refractivity contribution in [3.63, 3.8) is 0 Å². The molecule has 2 amide bonds. The van der Waals surface area contributed by atoms with Gasteiger partial charge in [0.1, 0.15) is 6.33 Å². The van der Waals surface area contributed by atoms with Crippen molar-refractivity contribution in [2.24, 2.45) is 5.73 Å². The summed E-state index contributed by atoms with van der Waals surface area (Å²) in [5.74, 6) is -0.664. The van der Waals surface area contributed by atoms with Crippen molar-refractivity contribution >= 4 is 23.4 Å². The van der Waals surface area contributed by atoms with Gasteiger partial charge in [-0.1, -0.05) is 11.6 Å². The van der Waals surface area contributed by atoms with Crippen LogP contribution in [0.2, 0.25) is 5.02 Å². The lowest BCUT2D eigenvalue weighted by Crippen LogP contribution is -2.45. The lowest BCUT2D eigenvalue weighted by atomic mass is 9.97. The maximum Gasteiger partial charge on any atom is 0.269 e. The molecule has 3 heterocycles. The summed E-state index contributed by atoms with van der Waals surface area (Å²) < 4.78 is 1.77. The number of amides is 2. The number of hydrogen-bond donors (Lipinski definition) is 1. The molecule has 2 N–H and O–H groups in total. The summed E-state index contributed by atoms with van der Waals surface area (Å²) >= 11 is 6.01. The predicted molar refractivity (Wildman–Crippen MR) is 75.5 cm³/mol. The first-order chi connectivity index (χ1) is 10.1. The molecule has 4 rings (SSSR count). The van der Waals surface area contributed by atoms with Gasteiger partial charge in [0.05, 0.1) is 23.0 Å². The second-order valence-electron chi connectivity index (χ2n) is 5.18. The molecule has 2 aliphatic heterocycles. The first-order valence-electron chi connectivity index (χ1n) is 6.56. The molecule has 1 saturated heterocycles. The van der Waals surface area contributed by atoms with E-state index < -0.39 is 5.91 Å². The Bertz CT molecular complexity index is 798. The van der Waals surface area contributed by atoms with E-state index in [1.807, 2.05) is 0 Å². The minimum absolute atomic E-state index is 0.0807. The average Bonchev–Trinajstić information content (AvgIpc) is 2.79. The molecular weight excluding hydrogens is 292 g/mol. The van der Waals surface area contributed by atoms with Crippen LogP contribution in [0.25, 0.3) is 5.69 Å². The van der Waals surface area contributed by atoms with E-state index in [0.717, 1.165) is 6.42 Å². The normalized spacial score (nSPS) is 19.2. The Balaban J connectivity index is 2.04. The van der Waals surface area contributed by atoms with E-state index in [4.69, 9.17) is 17.3 Å². The number of primary amides is 1. The van der Waals surface area contributed by atoms with Crippen molar-refractivity contribution in [1.29, 1.82) is 0 Å². The Labute approximate surface area is 125 Å². The average molecular weight is 303 g/mol. The Hall–Kier alpha value is -2.34. The third-order valence-electron chi connectivity index (χ3n) is 4.08. The summed E-state index contributed by atoms with van der Waals surface area (Å²) in [6.07, 6.45) is 2.33. The first kappa shape index (κ1) is 12.4. The van der Waals surface area contributed by atoms with Gasteiger partial charge in [-0.15, -0.1) is 0 Å². The second kappa shape index (κ2) is 4.08. The lowest BCUT2D eigenvalue weighted by Gasteiger charge is -2.39. The van der Waals surface area contributed by atoms with Crippen molar-refractivity contribution in [2.75, 3.05) is 6.54 Å². The molecule has 2 aromatic rings. The molecule has 0 radical (unpaired) electrons. The van der Waals surface area contributed by atoms with Gasteiger partial charge < -0.3 is 10.6 Å². The number of imidazole rings is 1. The van der Waals surface area contributed by atoms with Crippen LogP contribution in [-0.4, -0.2) is 32.8 Å². The molecule has 0 saturated carbocycles. The topological polar surface area (TPSA) is 81.2 Å². The zero-order chi connectivity index (χ0) is 14.7. The molecule has 21 heavy (non-hydrogen) atoms. The van der Waals surface area contributed by atoms with E-state index >= 15 is 0 Å². The van der Waals surface area contributed by atoms with Crippen molar-refractivity contribution in [3.8, 4) is 5.69 Å². The van der Waals surface area contributed by atoms with Crippen molar-refractivity contribution in [1.82, 2.24) is 14.5 Å². The van der Waals surface area contributed by atoms with Gasteiger partial charge in [0, 0.05) is 11.6 Å². The fourth-order valence-corrected chi connectivity index (χ4v) is 3.19. The van der Waals surface area contributed by atoms with Gasteiger partial charge in [-0.2, -0.15) is 0 Å². The minimum Gasteiger partial charge on any atom is -0.364 e. The van der Waals surface area contributed by atoms with E-state index in [1.54, 1.807) is 27.7 Å². The Morgan fingerprint density at radius 3 is 2.90 bits per heavy atom. The number of carbonyl (C=O) groups is 2. The third kappa shape index (κ3) is 1.56. The minimum atomic E-state index is -0.583. The van der Waals surface area contributed by atoms with Crippen LogP contribution in [0.1, 0.15) is 39.0 Å². The maximum absolute atomic E-state index is 12.6. The number of hydrogen-bond acceptors (Lipinski definition) is 3. The van der Waals surface area contributed by atoms with E-state index in [2.05, 4.69) is 4.98 Å². The van der Waals surface area contributed by atoms with Gasteiger partial charge in [-0.05, 0) is 24.6 Å². The van der Waals surface area contributed by atoms with Gasteiger partial charge in [-0.3, -0.25) is 14.2 Å². The summed E-state index contributed by atoms with van der Waals surface area (Å²) in [4.78, 5) is 30.1. The highest BCUT2D eigenvalue weighted by atomic mass is 35.5. The van der Waals surface area contributed by atoms with Crippen molar-refractivity contribution in [2.45, 2.75) is 12.5 Å². The quantitative estimate of drug-likeness (QED) is 0.867. The maximum atomic E-state index is 12.6. The highest BCUT2D eigenvalue weighted by Gasteiger charge is 2.42. The summed E-state index contributed by atoms with van der Waals surface area (Å²) in [6, 6.07) is 4.96. The monoisotopic (exact) mass is 302 g/mol. The third-order valence-corrected chi connectivity index (χ3v) is 4.32. The van der Waals surface area contributed by atoms with Gasteiger partial charge in [-0.25, -0.2) is 4.98 Å². The van der Waals surface area contributed by atoms with Crippen LogP contribution in [0.5, 0.6) is 0 Å². The first-order valence-corrected chi connectivity index (χ1v) is 6.93. The molecule has 0 spiro atoms. The number of benzene rings is 1. The molecule has 106 valence electrons. The van der Waals surface area contributed by atoms with Crippen LogP contribution < -0.4 is 5.73 Å². The number of fused-ring (bicyclic) bond motifs is 5. The molecule has 1 aromatic carbocycles. The van der Waals surface area contributed by atoms with Crippen molar-refractivity contribution in [3.05, 3.63) is 46.5 Å². The molecule has 0 unspecified atom stereocenters. The van der Waals surface area contributed by atoms with Gasteiger partial charge in [0.2, 0.25) is 0 Å². The van der Waals surface area contributed by atoms with Crippen LogP contribution in [0.15, 0.2) is 24.5 Å². The van der Waals surface area contributed by atoms with Gasteiger partial charge >= 0.3 is 0 Å². The van der Waals surface area contributed by atoms with Crippen LogP contribution >= 0.6 is 11.6 Å². The van der Waals surface area contributed by atoms with Crippen LogP contribution in [-0.2, 0) is 0 Å². The number of aromatic nitrogens is 2. The lowest BCUT2D eigenvalue weighted by molar-refractivity contribution is 0.0456. The number of carbonyl (C=O) groups excluding carboxylic acids is 2. The number of rotatable bonds is 1. The van der Waals surface area contributed by atoms with Gasteiger partial charge in [0.15, 0.2) is 5.69 Å². The molecule has 0 aliphatic carbocycles. The highest BCUT2D eigenvalue weighted by Crippen LogP contribution is 2.41. The number of nitrogens with zero attached hydrogens (tertiary/aromatic N) is 3. The fraction of sp³-hybridized carbons (Fsp3) is 0.214. The van der Waals surface area contributed by atoms with Crippen LogP contribution in [0, 0.1) is 0 Å². The van der Waals surface area contributed by atoms with E-state index in [-0.39, 0.29) is 17.6 Å². The zero-order valence-corrected chi connectivity index (χ0v) is 11.7. The zero-order valence-electron chi connectivity index (χ0n) is 10.9. The van der Waals surface area contributed by atoms with Crippen LogP contribution in [0.3, 0.4) is 0 Å². The summed E-state index contributed by atoms with van der Waals surface area (Å²) in [5, 5.41) is 0.498. The molecule has 0 bridgehead atoms. The van der Waals surface area contributed by atoms with E-state index in [9.17, 15) is 9.59 Å². The molecule has 2 aliphatic rings. The Morgan fingerprint density at radius 1 is 1.43 bits per heavy atom. The molecule has 1 fully saturated rings. The van der Waals surface area contributed by atoms with E-state index in [0.29, 0.717) is 28.5 Å². The Kier molecular flexibility index (Phi) is 2.41. The summed E-state index contributed by atoms with van der Waals surface area (Å²) in [6.45, 7) is 0.652. The second-order valence-corrected chi connectivity index (χ2v) is 5.61. The van der Waals surface area contributed by atoms with E-state index in [1.165, 1.54) is 6.33 Å². The van der Waals surface area contributed by atoms with Crippen LogP contribution in [0.4, 0.5) is 0 Å². The highest BCUT2D eigenvalue weighted by molar-refractivity contribution is 6.31. The standard InChI is InChI=1S/C14H11ClN4O2/c15-7-1-2-9-8(5-7)14(21)18-4-3-10(18)12-11(13(16)20)17-6-19(9)12/h1-2,5-6,10H,3-4H2,(H2,16,20)/t10-/m0/s1.